The van der Waals surface area contributed by atoms with Gasteiger partial charge in [-0.15, -0.1) is 0 Å². The fourth-order valence-corrected chi connectivity index (χ4v) is 2.57. The van der Waals surface area contributed by atoms with Crippen LogP contribution in [-0.4, -0.2) is 26.6 Å². The number of likely N-dealkylation sites (tertiary alicyclic amines) is 1. The Hall–Kier alpha value is -1.69. The fourth-order valence-electron chi connectivity index (χ4n) is 2.57. The lowest BCUT2D eigenvalue weighted by Crippen LogP contribution is -2.23. The Bertz CT molecular complexity index is 575. The van der Waals surface area contributed by atoms with Crippen molar-refractivity contribution < 1.29 is 8.94 Å². The minimum atomic E-state index is 0.207. The normalized spacial score (nSPS) is 20.1. The van der Waals surface area contributed by atoms with Gasteiger partial charge in [-0.25, -0.2) is 4.98 Å². The fraction of sp³-hybridized carbons (Fsp3) is 0.643. The molecule has 0 radical (unpaired) electrons. The first-order valence-corrected chi connectivity index (χ1v) is 7.12. The molecule has 1 fully saturated rings. The van der Waals surface area contributed by atoms with Gasteiger partial charge in [-0.1, -0.05) is 19.0 Å². The first-order chi connectivity index (χ1) is 9.63. The standard InChI is InChI=1S/C14H20N4O2/c1-9(2)14-16-13(17-20-14)11-5-4-6-18(11)8-12-15-7-10(3)19-12/h7,9,11H,4-6,8H2,1-3H3/t11-/m0/s1. The number of rotatable bonds is 4. The van der Waals surface area contributed by atoms with Gasteiger partial charge in [0.25, 0.3) is 0 Å². The first-order valence-electron chi connectivity index (χ1n) is 7.12. The number of nitrogens with zero attached hydrogens (tertiary/aromatic N) is 4. The third-order valence-electron chi connectivity index (χ3n) is 3.62. The molecule has 0 unspecified atom stereocenters. The molecule has 0 amide bonds. The van der Waals surface area contributed by atoms with Crippen LogP contribution in [0.4, 0.5) is 0 Å². The molecule has 0 spiro atoms. The second kappa shape index (κ2) is 5.36. The quantitative estimate of drug-likeness (QED) is 0.855. The largest absolute Gasteiger partial charge is 0.445 e. The Morgan fingerprint density at radius 3 is 2.95 bits per heavy atom. The van der Waals surface area contributed by atoms with E-state index in [9.17, 15) is 0 Å². The van der Waals surface area contributed by atoms with E-state index in [1.165, 1.54) is 0 Å². The van der Waals surface area contributed by atoms with E-state index in [-0.39, 0.29) is 12.0 Å². The molecule has 1 aliphatic rings. The predicted octanol–water partition coefficient (Wildman–Crippen LogP) is 2.83. The molecule has 3 rings (SSSR count). The van der Waals surface area contributed by atoms with Crippen molar-refractivity contribution in [2.24, 2.45) is 0 Å². The van der Waals surface area contributed by atoms with Crippen LogP contribution in [0.5, 0.6) is 0 Å². The monoisotopic (exact) mass is 276 g/mol. The Morgan fingerprint density at radius 1 is 1.45 bits per heavy atom. The van der Waals surface area contributed by atoms with Crippen molar-refractivity contribution >= 4 is 0 Å². The minimum Gasteiger partial charge on any atom is -0.445 e. The third kappa shape index (κ3) is 2.60. The summed E-state index contributed by atoms with van der Waals surface area (Å²) in [6.45, 7) is 7.73. The molecule has 2 aromatic rings. The lowest BCUT2D eigenvalue weighted by molar-refractivity contribution is 0.211. The van der Waals surface area contributed by atoms with Crippen LogP contribution in [0.2, 0.25) is 0 Å². The van der Waals surface area contributed by atoms with Crippen LogP contribution in [0.15, 0.2) is 15.1 Å². The average molecular weight is 276 g/mol. The molecule has 1 saturated heterocycles. The Kier molecular flexibility index (Phi) is 3.56. The van der Waals surface area contributed by atoms with Crippen molar-refractivity contribution in [3.05, 3.63) is 29.6 Å². The summed E-state index contributed by atoms with van der Waals surface area (Å²) >= 11 is 0. The molecule has 0 bridgehead atoms. The highest BCUT2D eigenvalue weighted by Crippen LogP contribution is 2.32. The summed E-state index contributed by atoms with van der Waals surface area (Å²) in [6.07, 6.45) is 3.94. The van der Waals surface area contributed by atoms with Crippen LogP contribution in [0.1, 0.15) is 62.0 Å². The van der Waals surface area contributed by atoms with Gasteiger partial charge in [-0.3, -0.25) is 4.90 Å². The highest BCUT2D eigenvalue weighted by Gasteiger charge is 2.31. The SMILES string of the molecule is Cc1cnc(CN2CCC[C@H]2c2noc(C(C)C)n2)o1. The summed E-state index contributed by atoms with van der Waals surface area (Å²) in [6, 6.07) is 0.207. The van der Waals surface area contributed by atoms with Crippen molar-refractivity contribution in [1.82, 2.24) is 20.0 Å². The van der Waals surface area contributed by atoms with Crippen molar-refractivity contribution in [2.45, 2.75) is 52.1 Å². The molecule has 0 aliphatic carbocycles. The van der Waals surface area contributed by atoms with Crippen LogP contribution in [0.25, 0.3) is 0 Å². The number of hydrogen-bond acceptors (Lipinski definition) is 6. The molecule has 0 saturated carbocycles. The van der Waals surface area contributed by atoms with Crippen LogP contribution in [0, 0.1) is 6.92 Å². The van der Waals surface area contributed by atoms with Gasteiger partial charge >= 0.3 is 0 Å². The predicted molar refractivity (Wildman–Crippen MR) is 72.0 cm³/mol. The highest BCUT2D eigenvalue weighted by atomic mass is 16.5. The minimum absolute atomic E-state index is 0.207. The topological polar surface area (TPSA) is 68.2 Å². The van der Waals surface area contributed by atoms with E-state index in [1.54, 1.807) is 6.20 Å². The lowest BCUT2D eigenvalue weighted by atomic mass is 10.2. The van der Waals surface area contributed by atoms with Gasteiger partial charge in [0.05, 0.1) is 18.8 Å². The number of oxazole rings is 1. The van der Waals surface area contributed by atoms with Crippen LogP contribution in [-0.2, 0) is 6.54 Å². The molecule has 2 aromatic heterocycles. The zero-order valence-electron chi connectivity index (χ0n) is 12.2. The number of aryl methyl sites for hydroxylation is 1. The van der Waals surface area contributed by atoms with Gasteiger partial charge in [-0.05, 0) is 26.3 Å². The van der Waals surface area contributed by atoms with Crippen LogP contribution < -0.4 is 0 Å². The summed E-state index contributed by atoms with van der Waals surface area (Å²) in [5.74, 6) is 3.35. The smallest absolute Gasteiger partial charge is 0.229 e. The summed E-state index contributed by atoms with van der Waals surface area (Å²) in [5, 5.41) is 4.14. The number of aromatic nitrogens is 3. The molecule has 0 N–H and O–H groups in total. The summed E-state index contributed by atoms with van der Waals surface area (Å²) in [7, 11) is 0. The van der Waals surface area contributed by atoms with Crippen LogP contribution >= 0.6 is 0 Å². The zero-order chi connectivity index (χ0) is 14.1. The molecule has 6 heteroatoms. The zero-order valence-corrected chi connectivity index (χ0v) is 12.2. The number of hydrogen-bond donors (Lipinski definition) is 0. The van der Waals surface area contributed by atoms with Gasteiger partial charge in [0, 0.05) is 5.92 Å². The summed E-state index contributed by atoms with van der Waals surface area (Å²) < 4.78 is 10.9. The summed E-state index contributed by atoms with van der Waals surface area (Å²) in [5.41, 5.74) is 0. The second-order valence-electron chi connectivity index (χ2n) is 5.64. The maximum Gasteiger partial charge on any atom is 0.229 e. The maximum absolute atomic E-state index is 5.56. The molecule has 1 atom stereocenters. The Balaban J connectivity index is 1.74. The van der Waals surface area contributed by atoms with Crippen molar-refractivity contribution in [2.75, 3.05) is 6.54 Å². The van der Waals surface area contributed by atoms with E-state index in [2.05, 4.69) is 33.9 Å². The van der Waals surface area contributed by atoms with Gasteiger partial charge in [0.1, 0.15) is 5.76 Å². The van der Waals surface area contributed by atoms with E-state index in [0.29, 0.717) is 12.4 Å². The van der Waals surface area contributed by atoms with Crippen LogP contribution in [0.3, 0.4) is 0 Å². The molecule has 3 heterocycles. The average Bonchev–Trinajstić information content (AvgIpc) is 3.10. The Morgan fingerprint density at radius 2 is 2.30 bits per heavy atom. The molecule has 108 valence electrons. The van der Waals surface area contributed by atoms with E-state index in [4.69, 9.17) is 8.94 Å². The summed E-state index contributed by atoms with van der Waals surface area (Å²) in [4.78, 5) is 11.1. The maximum atomic E-state index is 5.56. The molecular weight excluding hydrogens is 256 g/mol. The highest BCUT2D eigenvalue weighted by molar-refractivity contribution is 5.01. The second-order valence-corrected chi connectivity index (χ2v) is 5.64. The third-order valence-corrected chi connectivity index (χ3v) is 3.62. The van der Waals surface area contributed by atoms with E-state index in [1.807, 2.05) is 6.92 Å². The van der Waals surface area contributed by atoms with Crippen molar-refractivity contribution in [1.29, 1.82) is 0 Å². The first kappa shape index (κ1) is 13.3. The van der Waals surface area contributed by atoms with E-state index >= 15 is 0 Å². The van der Waals surface area contributed by atoms with E-state index in [0.717, 1.165) is 36.9 Å². The molecule has 1 aliphatic heterocycles. The molecular formula is C14H20N4O2. The van der Waals surface area contributed by atoms with Crippen molar-refractivity contribution in [3.63, 3.8) is 0 Å². The van der Waals surface area contributed by atoms with Gasteiger partial charge in [0.2, 0.25) is 11.8 Å². The molecule has 0 aromatic carbocycles. The van der Waals surface area contributed by atoms with Gasteiger partial charge in [0.15, 0.2) is 5.82 Å². The van der Waals surface area contributed by atoms with Crippen molar-refractivity contribution in [3.8, 4) is 0 Å². The van der Waals surface area contributed by atoms with Gasteiger partial charge < -0.3 is 8.94 Å². The Labute approximate surface area is 118 Å². The van der Waals surface area contributed by atoms with E-state index < -0.39 is 0 Å². The lowest BCUT2D eigenvalue weighted by Gasteiger charge is -2.19. The van der Waals surface area contributed by atoms with Gasteiger partial charge in [-0.2, -0.15) is 4.98 Å². The molecule has 6 nitrogen and oxygen atoms in total. The molecule has 20 heavy (non-hydrogen) atoms.